The number of nitrogens with two attached hydrogens (primary N) is 1. The highest BCUT2D eigenvalue weighted by atomic mass is 79.9. The summed E-state index contributed by atoms with van der Waals surface area (Å²) in [7, 11) is 0. The Morgan fingerprint density at radius 3 is 2.00 bits per heavy atom. The molecule has 0 aliphatic carbocycles. The Hall–Kier alpha value is -2.44. The van der Waals surface area contributed by atoms with Crippen LogP contribution in [0.3, 0.4) is 0 Å². The summed E-state index contributed by atoms with van der Waals surface area (Å²) < 4.78 is 121. The van der Waals surface area contributed by atoms with Gasteiger partial charge < -0.3 is 11.1 Å². The van der Waals surface area contributed by atoms with E-state index in [1.165, 1.54) is 25.1 Å². The van der Waals surface area contributed by atoms with Crippen molar-refractivity contribution in [1.29, 1.82) is 0 Å². The van der Waals surface area contributed by atoms with E-state index in [0.717, 1.165) is 6.92 Å². The molecule has 0 aliphatic heterocycles. The van der Waals surface area contributed by atoms with Gasteiger partial charge in [0.2, 0.25) is 0 Å². The Kier molecular flexibility index (Phi) is 7.09. The largest absolute Gasteiger partial charge is 0.457 e. The molecule has 1 amide bonds. The zero-order valence-corrected chi connectivity index (χ0v) is 18.4. The first-order chi connectivity index (χ1) is 14.9. The number of benzene rings is 2. The topological polar surface area (TPSA) is 55.1 Å². The van der Waals surface area contributed by atoms with Crippen molar-refractivity contribution in [2.45, 2.75) is 44.2 Å². The van der Waals surface area contributed by atoms with Gasteiger partial charge in [-0.3, -0.25) is 4.79 Å². The Bertz CT molecular complexity index is 1070. The quantitative estimate of drug-likeness (QED) is 0.309. The second-order valence-electron chi connectivity index (χ2n) is 7.10. The Morgan fingerprint density at radius 2 is 1.55 bits per heavy atom. The fourth-order valence-corrected chi connectivity index (χ4v) is 3.47. The summed E-state index contributed by atoms with van der Waals surface area (Å²) in [4.78, 5) is 12.5. The van der Waals surface area contributed by atoms with Crippen LogP contribution in [0.15, 0.2) is 34.8 Å². The van der Waals surface area contributed by atoms with Crippen molar-refractivity contribution in [3.05, 3.63) is 57.1 Å². The average molecular weight is 551 g/mol. The first kappa shape index (κ1) is 26.8. The predicted molar refractivity (Wildman–Crippen MR) is 107 cm³/mol. The van der Waals surface area contributed by atoms with Gasteiger partial charge in [0.1, 0.15) is 0 Å². The van der Waals surface area contributed by atoms with E-state index < -0.39 is 35.4 Å². The maximum atomic E-state index is 14.8. The van der Waals surface area contributed by atoms with Crippen LogP contribution in [0.2, 0.25) is 0 Å². The number of nitrogen functional groups attached to an aromatic ring is 1. The maximum absolute atomic E-state index is 14.8. The number of carbonyl (C=O) groups is 1. The number of amides is 1. The lowest BCUT2D eigenvalue weighted by Gasteiger charge is -2.36. The number of rotatable bonds is 5. The number of anilines is 2. The van der Waals surface area contributed by atoms with Gasteiger partial charge in [0.25, 0.3) is 5.91 Å². The van der Waals surface area contributed by atoms with E-state index in [4.69, 9.17) is 5.73 Å². The molecule has 0 radical (unpaired) electrons. The van der Waals surface area contributed by atoms with Crippen LogP contribution in [0.4, 0.5) is 50.9 Å². The van der Waals surface area contributed by atoms with Crippen molar-refractivity contribution >= 4 is 33.2 Å². The standard InChI is InChI=1S/C20H16BrF9N2O/c1-3-10-7-12(17(22,19(25,26)27)18(23,24)20(28,29)30)6-9(2)15(10)32-16(33)11-4-5-14(31)13(21)8-11/h4-8H,3,31H2,1-2H3,(H,32,33). The molecule has 2 aromatic rings. The van der Waals surface area contributed by atoms with Crippen LogP contribution in [0, 0.1) is 6.92 Å². The van der Waals surface area contributed by atoms with Gasteiger partial charge in [-0.2, -0.15) is 35.1 Å². The number of carbonyl (C=O) groups excluding carboxylic acids is 1. The molecule has 182 valence electrons. The van der Waals surface area contributed by atoms with Gasteiger partial charge in [0.15, 0.2) is 0 Å². The highest BCUT2D eigenvalue weighted by Crippen LogP contribution is 2.58. The molecule has 2 rings (SSSR count). The molecule has 2 aromatic carbocycles. The van der Waals surface area contributed by atoms with Crippen molar-refractivity contribution < 1.29 is 44.3 Å². The smallest absolute Gasteiger partial charge is 0.398 e. The highest BCUT2D eigenvalue weighted by molar-refractivity contribution is 9.10. The molecule has 1 unspecified atom stereocenters. The maximum Gasteiger partial charge on any atom is 0.457 e. The third-order valence-electron chi connectivity index (χ3n) is 4.88. The normalized spacial score (nSPS) is 14.7. The van der Waals surface area contributed by atoms with Crippen LogP contribution in [-0.4, -0.2) is 24.2 Å². The van der Waals surface area contributed by atoms with Crippen LogP contribution in [0.25, 0.3) is 0 Å². The van der Waals surface area contributed by atoms with Crippen LogP contribution in [0.1, 0.15) is 34.0 Å². The molecule has 3 nitrogen and oxygen atoms in total. The van der Waals surface area contributed by atoms with Crippen LogP contribution < -0.4 is 11.1 Å². The summed E-state index contributed by atoms with van der Waals surface area (Å²) in [6.45, 7) is 2.38. The van der Waals surface area contributed by atoms with Crippen molar-refractivity contribution in [3.63, 3.8) is 0 Å². The van der Waals surface area contributed by atoms with E-state index >= 15 is 0 Å². The summed E-state index contributed by atoms with van der Waals surface area (Å²) in [6.07, 6.45) is -13.7. The van der Waals surface area contributed by atoms with Crippen LogP contribution in [-0.2, 0) is 12.1 Å². The molecule has 1 atom stereocenters. The highest BCUT2D eigenvalue weighted by Gasteiger charge is 2.81. The van der Waals surface area contributed by atoms with E-state index in [2.05, 4.69) is 21.2 Å². The minimum absolute atomic E-state index is 0.0559. The second kappa shape index (κ2) is 8.73. The van der Waals surface area contributed by atoms with Crippen LogP contribution >= 0.6 is 15.9 Å². The molecular formula is C20H16BrF9N2O. The van der Waals surface area contributed by atoms with Gasteiger partial charge in [-0.15, -0.1) is 0 Å². The molecule has 0 fully saturated rings. The van der Waals surface area contributed by atoms with E-state index in [1.54, 1.807) is 0 Å². The summed E-state index contributed by atoms with van der Waals surface area (Å²) in [5, 5.41) is 2.37. The SMILES string of the molecule is CCc1cc(C(F)(C(F)(F)F)C(F)(F)C(F)(F)F)cc(C)c1NC(=O)c1ccc(N)c(Br)c1. The zero-order valence-electron chi connectivity index (χ0n) is 16.9. The Balaban J connectivity index is 2.63. The number of alkyl halides is 9. The molecule has 3 N–H and O–H groups in total. The monoisotopic (exact) mass is 550 g/mol. The second-order valence-corrected chi connectivity index (χ2v) is 7.95. The van der Waals surface area contributed by atoms with E-state index in [0.29, 0.717) is 10.2 Å². The molecule has 13 heteroatoms. The van der Waals surface area contributed by atoms with Gasteiger partial charge in [-0.25, -0.2) is 4.39 Å². The van der Waals surface area contributed by atoms with Crippen molar-refractivity contribution in [2.24, 2.45) is 0 Å². The zero-order chi connectivity index (χ0) is 25.6. The summed E-state index contributed by atoms with van der Waals surface area (Å²) in [6, 6.07) is 4.50. The van der Waals surface area contributed by atoms with Crippen molar-refractivity contribution in [1.82, 2.24) is 0 Å². The molecule has 0 bridgehead atoms. The fraction of sp³-hybridized carbons (Fsp3) is 0.350. The molecule has 0 aliphatic rings. The lowest BCUT2D eigenvalue weighted by atomic mass is 9.85. The minimum atomic E-state index is -6.83. The first-order valence-electron chi connectivity index (χ1n) is 9.09. The van der Waals surface area contributed by atoms with E-state index in [9.17, 15) is 44.3 Å². The van der Waals surface area contributed by atoms with Gasteiger partial charge in [0, 0.05) is 27.0 Å². The third kappa shape index (κ3) is 4.64. The number of halogens is 10. The molecule has 0 heterocycles. The third-order valence-corrected chi connectivity index (χ3v) is 5.56. The van der Waals surface area contributed by atoms with Crippen molar-refractivity contribution in [3.8, 4) is 0 Å². The molecule has 0 spiro atoms. The molecule has 33 heavy (non-hydrogen) atoms. The predicted octanol–water partition coefficient (Wildman–Crippen LogP) is 7.08. The molecule has 0 aromatic heterocycles. The van der Waals surface area contributed by atoms with Gasteiger partial charge >= 0.3 is 23.9 Å². The molecule has 0 saturated carbocycles. The number of hydrogen-bond donors (Lipinski definition) is 2. The van der Waals surface area contributed by atoms with Gasteiger partial charge in [0.05, 0.1) is 0 Å². The van der Waals surface area contributed by atoms with E-state index in [1.807, 2.05) is 0 Å². The summed E-state index contributed by atoms with van der Waals surface area (Å²) in [5.41, 5.74) is -2.79. The van der Waals surface area contributed by atoms with Gasteiger partial charge in [-0.05, 0) is 64.7 Å². The summed E-state index contributed by atoms with van der Waals surface area (Å²) in [5.74, 6) is -7.55. The lowest BCUT2D eigenvalue weighted by Crippen LogP contribution is -2.59. The van der Waals surface area contributed by atoms with Crippen molar-refractivity contribution in [2.75, 3.05) is 11.1 Å². The molecular weight excluding hydrogens is 535 g/mol. The summed E-state index contributed by atoms with van der Waals surface area (Å²) >= 11 is 3.11. The van der Waals surface area contributed by atoms with Crippen LogP contribution in [0.5, 0.6) is 0 Å². The first-order valence-corrected chi connectivity index (χ1v) is 9.88. The fourth-order valence-electron chi connectivity index (χ4n) is 3.09. The van der Waals surface area contributed by atoms with Gasteiger partial charge in [-0.1, -0.05) is 13.0 Å². The lowest BCUT2D eigenvalue weighted by molar-refractivity contribution is -0.389. The number of aryl methyl sites for hydroxylation is 2. The number of nitrogens with one attached hydrogen (secondary N) is 1. The number of hydrogen-bond acceptors (Lipinski definition) is 2. The Morgan fingerprint density at radius 1 is 0.970 bits per heavy atom. The minimum Gasteiger partial charge on any atom is -0.398 e. The average Bonchev–Trinajstić information content (AvgIpc) is 2.68. The molecule has 0 saturated heterocycles. The Labute approximate surface area is 190 Å². The van der Waals surface area contributed by atoms with E-state index in [-0.39, 0.29) is 40.9 Å².